The lowest BCUT2D eigenvalue weighted by atomic mass is 10.0. The lowest BCUT2D eigenvalue weighted by Crippen LogP contribution is -2.16. The number of benzene rings is 1. The fraction of sp³-hybridized carbons (Fsp3) is 0.400. The summed E-state index contributed by atoms with van der Waals surface area (Å²) in [6.07, 6.45) is -3.85. The average Bonchev–Trinajstić information content (AvgIpc) is 2.17. The third-order valence-corrected chi connectivity index (χ3v) is 2.12. The van der Waals surface area contributed by atoms with Gasteiger partial charge in [0.25, 0.3) is 0 Å². The second-order valence-corrected chi connectivity index (χ2v) is 3.31. The Labute approximate surface area is 98.2 Å². The van der Waals surface area contributed by atoms with Gasteiger partial charge < -0.3 is 11.5 Å². The van der Waals surface area contributed by atoms with E-state index in [4.69, 9.17) is 11.5 Å². The van der Waals surface area contributed by atoms with Crippen molar-refractivity contribution in [2.75, 3.05) is 6.54 Å². The Hall–Kier alpha value is -0.780. The Balaban J connectivity index is 0.00000225. The molecule has 16 heavy (non-hydrogen) atoms. The molecule has 1 rings (SSSR count). The van der Waals surface area contributed by atoms with Crippen LogP contribution in [0.3, 0.4) is 0 Å². The fourth-order valence-corrected chi connectivity index (χ4v) is 1.29. The smallest absolute Gasteiger partial charge is 0.330 e. The first-order valence-electron chi connectivity index (χ1n) is 4.58. The molecule has 0 aliphatic heterocycles. The van der Waals surface area contributed by atoms with Crippen LogP contribution in [0.2, 0.25) is 0 Å². The van der Waals surface area contributed by atoms with Crippen LogP contribution in [0.5, 0.6) is 0 Å². The van der Waals surface area contributed by atoms with Gasteiger partial charge in [0.15, 0.2) is 0 Å². The van der Waals surface area contributed by atoms with Crippen LogP contribution in [0.4, 0.5) is 13.2 Å². The van der Waals surface area contributed by atoms with E-state index in [9.17, 15) is 13.2 Å². The van der Waals surface area contributed by atoms with Gasteiger partial charge in [0, 0.05) is 6.04 Å². The Morgan fingerprint density at radius 1 is 1.25 bits per heavy atom. The van der Waals surface area contributed by atoms with E-state index < -0.39 is 17.8 Å². The zero-order valence-corrected chi connectivity index (χ0v) is 9.31. The van der Waals surface area contributed by atoms with Crippen molar-refractivity contribution in [3.05, 3.63) is 35.4 Å². The molecule has 0 aromatic heterocycles. The second-order valence-electron chi connectivity index (χ2n) is 3.31. The molecule has 0 bridgehead atoms. The molecule has 0 radical (unpaired) electrons. The molecule has 0 aliphatic rings. The molecule has 0 unspecified atom stereocenters. The molecule has 1 aromatic carbocycles. The van der Waals surface area contributed by atoms with Crippen molar-refractivity contribution in [1.29, 1.82) is 0 Å². The van der Waals surface area contributed by atoms with E-state index in [0.29, 0.717) is 18.5 Å². The molecule has 1 atom stereocenters. The van der Waals surface area contributed by atoms with Crippen LogP contribution in [0, 0.1) is 0 Å². The summed E-state index contributed by atoms with van der Waals surface area (Å²) in [6.45, 7) is 0.359. The number of halogens is 4. The highest BCUT2D eigenvalue weighted by Gasteiger charge is 2.30. The van der Waals surface area contributed by atoms with Crippen LogP contribution in [0.15, 0.2) is 24.3 Å². The van der Waals surface area contributed by atoms with Gasteiger partial charge in [-0.05, 0) is 30.7 Å². The highest BCUT2D eigenvalue weighted by molar-refractivity contribution is 5.85. The van der Waals surface area contributed by atoms with Gasteiger partial charge in [-0.1, -0.05) is 12.1 Å². The SMILES string of the molecule is Cl.NCC[C@H](N)c1cccc(C(F)(F)F)c1. The van der Waals surface area contributed by atoms with Crippen LogP contribution < -0.4 is 11.5 Å². The number of rotatable bonds is 3. The van der Waals surface area contributed by atoms with Crippen molar-refractivity contribution in [2.24, 2.45) is 11.5 Å². The van der Waals surface area contributed by atoms with Crippen molar-refractivity contribution < 1.29 is 13.2 Å². The highest BCUT2D eigenvalue weighted by atomic mass is 35.5. The maximum absolute atomic E-state index is 12.4. The molecular weight excluding hydrogens is 241 g/mol. The third kappa shape index (κ3) is 4.00. The minimum Gasteiger partial charge on any atom is -0.330 e. The van der Waals surface area contributed by atoms with Gasteiger partial charge >= 0.3 is 6.18 Å². The monoisotopic (exact) mass is 254 g/mol. The van der Waals surface area contributed by atoms with Gasteiger partial charge in [0.05, 0.1) is 5.56 Å². The normalized spacial score (nSPS) is 13.1. The fourth-order valence-electron chi connectivity index (χ4n) is 1.29. The predicted molar refractivity (Wildman–Crippen MR) is 59.3 cm³/mol. The van der Waals surface area contributed by atoms with Crippen molar-refractivity contribution in [3.8, 4) is 0 Å². The molecule has 0 amide bonds. The summed E-state index contributed by atoms with van der Waals surface area (Å²) in [5, 5.41) is 0. The lowest BCUT2D eigenvalue weighted by Gasteiger charge is -2.13. The van der Waals surface area contributed by atoms with Gasteiger partial charge in [-0.2, -0.15) is 13.2 Å². The van der Waals surface area contributed by atoms with Crippen molar-refractivity contribution in [3.63, 3.8) is 0 Å². The third-order valence-electron chi connectivity index (χ3n) is 2.12. The molecule has 0 saturated carbocycles. The van der Waals surface area contributed by atoms with Gasteiger partial charge in [-0.15, -0.1) is 12.4 Å². The van der Waals surface area contributed by atoms with Crippen LogP contribution in [-0.2, 0) is 6.18 Å². The highest BCUT2D eigenvalue weighted by Crippen LogP contribution is 2.30. The average molecular weight is 255 g/mol. The van der Waals surface area contributed by atoms with Crippen molar-refractivity contribution in [1.82, 2.24) is 0 Å². The zero-order chi connectivity index (χ0) is 11.5. The first-order valence-corrected chi connectivity index (χ1v) is 4.58. The summed E-state index contributed by atoms with van der Waals surface area (Å²) < 4.78 is 37.1. The molecular formula is C10H14ClF3N2. The maximum atomic E-state index is 12.4. The Morgan fingerprint density at radius 2 is 1.88 bits per heavy atom. The van der Waals surface area contributed by atoms with E-state index in [2.05, 4.69) is 0 Å². The van der Waals surface area contributed by atoms with Crippen LogP contribution in [0.25, 0.3) is 0 Å². The molecule has 6 heteroatoms. The quantitative estimate of drug-likeness (QED) is 0.871. The van der Waals surface area contributed by atoms with Gasteiger partial charge in [0.1, 0.15) is 0 Å². The number of hydrogen-bond acceptors (Lipinski definition) is 2. The van der Waals surface area contributed by atoms with E-state index in [1.807, 2.05) is 0 Å². The minimum atomic E-state index is -4.32. The molecule has 0 aliphatic carbocycles. The number of nitrogens with two attached hydrogens (primary N) is 2. The second kappa shape index (κ2) is 6.08. The van der Waals surface area contributed by atoms with Crippen LogP contribution in [-0.4, -0.2) is 6.54 Å². The van der Waals surface area contributed by atoms with Crippen molar-refractivity contribution >= 4 is 12.4 Å². The molecule has 0 spiro atoms. The van der Waals surface area contributed by atoms with Crippen LogP contribution in [0.1, 0.15) is 23.6 Å². The molecule has 2 nitrogen and oxygen atoms in total. The van der Waals surface area contributed by atoms with Crippen LogP contribution >= 0.6 is 12.4 Å². The Bertz CT molecular complexity index is 328. The summed E-state index contributed by atoms with van der Waals surface area (Å²) in [4.78, 5) is 0. The summed E-state index contributed by atoms with van der Waals surface area (Å²) >= 11 is 0. The summed E-state index contributed by atoms with van der Waals surface area (Å²) in [6, 6.07) is 4.60. The van der Waals surface area contributed by atoms with E-state index in [-0.39, 0.29) is 12.4 Å². The summed E-state index contributed by atoms with van der Waals surface area (Å²) in [5.74, 6) is 0. The summed E-state index contributed by atoms with van der Waals surface area (Å²) in [7, 11) is 0. The largest absolute Gasteiger partial charge is 0.416 e. The lowest BCUT2D eigenvalue weighted by molar-refractivity contribution is -0.137. The molecule has 1 aromatic rings. The Morgan fingerprint density at radius 3 is 2.38 bits per heavy atom. The molecule has 4 N–H and O–H groups in total. The molecule has 0 saturated heterocycles. The van der Waals surface area contributed by atoms with E-state index >= 15 is 0 Å². The van der Waals surface area contributed by atoms with Gasteiger partial charge in [0.2, 0.25) is 0 Å². The van der Waals surface area contributed by atoms with Gasteiger partial charge in [-0.3, -0.25) is 0 Å². The summed E-state index contributed by atoms with van der Waals surface area (Å²) in [5.41, 5.74) is 10.8. The first kappa shape index (κ1) is 15.2. The zero-order valence-electron chi connectivity index (χ0n) is 8.50. The minimum absolute atomic E-state index is 0. The number of alkyl halides is 3. The van der Waals surface area contributed by atoms with Gasteiger partial charge in [-0.25, -0.2) is 0 Å². The van der Waals surface area contributed by atoms with E-state index in [1.54, 1.807) is 6.07 Å². The van der Waals surface area contributed by atoms with E-state index in [0.717, 1.165) is 12.1 Å². The number of hydrogen-bond donors (Lipinski definition) is 2. The molecule has 92 valence electrons. The Kier molecular flexibility index (Phi) is 5.78. The maximum Gasteiger partial charge on any atom is 0.416 e. The predicted octanol–water partition coefficient (Wildman–Crippen LogP) is 2.48. The van der Waals surface area contributed by atoms with Crippen molar-refractivity contribution in [2.45, 2.75) is 18.6 Å². The first-order chi connectivity index (χ1) is 6.95. The molecule has 0 heterocycles. The van der Waals surface area contributed by atoms with E-state index in [1.165, 1.54) is 6.07 Å². The standard InChI is InChI=1S/C10H13F3N2.ClH/c11-10(12,13)8-3-1-2-7(6-8)9(15)4-5-14;/h1-3,6,9H,4-5,14-15H2;1H/t9-;/m0./s1. The topological polar surface area (TPSA) is 52.0 Å². The molecule has 0 fully saturated rings.